The molecule has 3 aromatic carbocycles. The minimum absolute atomic E-state index is 0.122. The van der Waals surface area contributed by atoms with Crippen LogP contribution in [0.1, 0.15) is 5.56 Å². The third-order valence-corrected chi connectivity index (χ3v) is 5.24. The zero-order chi connectivity index (χ0) is 22.3. The van der Waals surface area contributed by atoms with Gasteiger partial charge in [0.05, 0.1) is 4.91 Å². The first kappa shape index (κ1) is 21.3. The Bertz CT molecular complexity index is 1190. The molecule has 0 radical (unpaired) electrons. The van der Waals surface area contributed by atoms with Gasteiger partial charge in [0.2, 0.25) is 0 Å². The van der Waals surface area contributed by atoms with Crippen LogP contribution in [0.5, 0.6) is 5.75 Å². The Morgan fingerprint density at radius 2 is 1.75 bits per heavy atom. The maximum atomic E-state index is 13.8. The summed E-state index contributed by atoms with van der Waals surface area (Å²) in [6.45, 7) is -0.122. The molecule has 8 heteroatoms. The summed E-state index contributed by atoms with van der Waals surface area (Å²) < 4.78 is 19.3. The number of rotatable bonds is 6. The Labute approximate surface area is 188 Å². The number of nitrogens with zero attached hydrogens (tertiary/aromatic N) is 1. The number of anilines is 1. The van der Waals surface area contributed by atoms with Gasteiger partial charge in [-0.05, 0) is 59.8 Å². The van der Waals surface area contributed by atoms with E-state index in [0.717, 1.165) is 17.3 Å². The van der Waals surface area contributed by atoms with Crippen LogP contribution in [0.4, 0.5) is 15.8 Å². The number of amidine groups is 1. The molecule has 2 amide bonds. The van der Waals surface area contributed by atoms with Crippen molar-refractivity contribution in [3.63, 3.8) is 0 Å². The molecule has 6 nitrogen and oxygen atoms in total. The maximum absolute atomic E-state index is 13.8. The molecule has 0 spiro atoms. The van der Waals surface area contributed by atoms with Crippen LogP contribution in [0, 0.1) is 5.82 Å². The number of halogens is 1. The van der Waals surface area contributed by atoms with Gasteiger partial charge < -0.3 is 15.4 Å². The Balaban J connectivity index is 1.35. The summed E-state index contributed by atoms with van der Waals surface area (Å²) in [5, 5.41) is 5.70. The van der Waals surface area contributed by atoms with E-state index in [1.165, 1.54) is 12.1 Å². The van der Waals surface area contributed by atoms with Crippen molar-refractivity contribution in [1.82, 2.24) is 5.32 Å². The molecule has 1 fully saturated rings. The van der Waals surface area contributed by atoms with E-state index < -0.39 is 5.82 Å². The highest BCUT2D eigenvalue weighted by Crippen LogP contribution is 2.29. The van der Waals surface area contributed by atoms with Crippen LogP contribution >= 0.6 is 11.8 Å². The topological polar surface area (TPSA) is 79.8 Å². The van der Waals surface area contributed by atoms with Crippen LogP contribution in [-0.2, 0) is 9.59 Å². The molecule has 0 unspecified atom stereocenters. The second-order valence-corrected chi connectivity index (χ2v) is 7.74. The van der Waals surface area contributed by atoms with Crippen molar-refractivity contribution < 1.29 is 18.7 Å². The molecule has 3 aromatic rings. The number of aliphatic imine (C=N–C) groups is 1. The molecule has 1 heterocycles. The van der Waals surface area contributed by atoms with Crippen molar-refractivity contribution in [2.75, 3.05) is 11.9 Å². The van der Waals surface area contributed by atoms with E-state index in [0.29, 0.717) is 21.5 Å². The van der Waals surface area contributed by atoms with Gasteiger partial charge in [-0.3, -0.25) is 9.59 Å². The fourth-order valence-electron chi connectivity index (χ4n) is 2.81. The molecule has 4 rings (SSSR count). The Morgan fingerprint density at radius 3 is 2.50 bits per heavy atom. The lowest BCUT2D eigenvalue weighted by Gasteiger charge is -2.07. The number of para-hydroxylation sites is 2. The number of ether oxygens (including phenoxy) is 1. The largest absolute Gasteiger partial charge is 0.484 e. The highest BCUT2D eigenvalue weighted by molar-refractivity contribution is 8.18. The Kier molecular flexibility index (Phi) is 6.62. The normalized spacial score (nSPS) is 15.6. The average Bonchev–Trinajstić information content (AvgIpc) is 3.14. The highest BCUT2D eigenvalue weighted by Gasteiger charge is 2.24. The number of carbonyl (C=O) groups excluding carboxylic acids is 2. The first-order valence-corrected chi connectivity index (χ1v) is 10.5. The second-order valence-electron chi connectivity index (χ2n) is 6.71. The molecule has 0 saturated carbocycles. The monoisotopic (exact) mass is 447 g/mol. The summed E-state index contributed by atoms with van der Waals surface area (Å²) in [7, 11) is 0. The maximum Gasteiger partial charge on any atom is 0.264 e. The number of hydrogen-bond acceptors (Lipinski definition) is 5. The van der Waals surface area contributed by atoms with Crippen molar-refractivity contribution >= 4 is 46.2 Å². The van der Waals surface area contributed by atoms with E-state index in [4.69, 9.17) is 4.74 Å². The van der Waals surface area contributed by atoms with Gasteiger partial charge in [0.1, 0.15) is 17.3 Å². The first-order chi connectivity index (χ1) is 15.6. The molecule has 1 saturated heterocycles. The lowest BCUT2D eigenvalue weighted by molar-refractivity contribution is -0.118. The molecule has 1 aliphatic heterocycles. The van der Waals surface area contributed by atoms with Gasteiger partial charge in [0.25, 0.3) is 11.8 Å². The van der Waals surface area contributed by atoms with Gasteiger partial charge in [0.15, 0.2) is 11.8 Å². The van der Waals surface area contributed by atoms with E-state index in [-0.39, 0.29) is 24.1 Å². The van der Waals surface area contributed by atoms with E-state index >= 15 is 0 Å². The lowest BCUT2D eigenvalue weighted by atomic mass is 10.2. The quantitative estimate of drug-likeness (QED) is 0.535. The van der Waals surface area contributed by atoms with Gasteiger partial charge in [-0.15, -0.1) is 0 Å². The van der Waals surface area contributed by atoms with Crippen LogP contribution in [0.2, 0.25) is 0 Å². The van der Waals surface area contributed by atoms with Crippen LogP contribution in [0.15, 0.2) is 88.8 Å². The molecule has 160 valence electrons. The molecule has 0 aromatic heterocycles. The lowest BCUT2D eigenvalue weighted by Crippen LogP contribution is -2.20. The van der Waals surface area contributed by atoms with Crippen LogP contribution in [-0.4, -0.2) is 23.6 Å². The van der Waals surface area contributed by atoms with E-state index in [2.05, 4.69) is 15.6 Å². The molecule has 32 heavy (non-hydrogen) atoms. The van der Waals surface area contributed by atoms with E-state index in [1.54, 1.807) is 54.6 Å². The van der Waals surface area contributed by atoms with Crippen molar-refractivity contribution in [3.05, 3.63) is 95.1 Å². The number of nitrogens with one attached hydrogen (secondary N) is 2. The summed E-state index contributed by atoms with van der Waals surface area (Å²) in [6, 6.07) is 22.2. The molecule has 2 N–H and O–H groups in total. The Morgan fingerprint density at radius 1 is 1.03 bits per heavy atom. The van der Waals surface area contributed by atoms with Gasteiger partial charge in [-0.2, -0.15) is 0 Å². The number of thioether (sulfide) groups is 1. The third kappa shape index (κ3) is 5.61. The van der Waals surface area contributed by atoms with Gasteiger partial charge in [0, 0.05) is 5.69 Å². The minimum Gasteiger partial charge on any atom is -0.484 e. The number of benzene rings is 3. The fourth-order valence-corrected chi connectivity index (χ4v) is 3.65. The molecular formula is C24H18FN3O3S. The summed E-state index contributed by atoms with van der Waals surface area (Å²) in [5.41, 5.74) is 1.64. The predicted octanol–water partition coefficient (Wildman–Crippen LogP) is 4.73. The zero-order valence-electron chi connectivity index (χ0n) is 16.7. The van der Waals surface area contributed by atoms with E-state index in [9.17, 15) is 14.0 Å². The minimum atomic E-state index is -0.458. The van der Waals surface area contributed by atoms with Gasteiger partial charge in [-0.1, -0.05) is 42.5 Å². The predicted molar refractivity (Wildman–Crippen MR) is 124 cm³/mol. The average molecular weight is 447 g/mol. The molecular weight excluding hydrogens is 429 g/mol. The van der Waals surface area contributed by atoms with Crippen LogP contribution in [0.25, 0.3) is 6.08 Å². The van der Waals surface area contributed by atoms with Crippen LogP contribution < -0.4 is 15.4 Å². The van der Waals surface area contributed by atoms with Crippen molar-refractivity contribution in [2.24, 2.45) is 4.99 Å². The summed E-state index contributed by atoms with van der Waals surface area (Å²) in [6.07, 6.45) is 1.70. The molecule has 0 aliphatic carbocycles. The zero-order valence-corrected chi connectivity index (χ0v) is 17.6. The summed E-state index contributed by atoms with van der Waals surface area (Å²) in [4.78, 5) is 28.8. The number of hydrogen-bond donors (Lipinski definition) is 2. The van der Waals surface area contributed by atoms with Crippen molar-refractivity contribution in [2.45, 2.75) is 0 Å². The Hall–Kier alpha value is -3.91. The molecule has 0 atom stereocenters. The third-order valence-electron chi connectivity index (χ3n) is 4.33. The van der Waals surface area contributed by atoms with Gasteiger partial charge in [-0.25, -0.2) is 9.38 Å². The second kappa shape index (κ2) is 9.93. The van der Waals surface area contributed by atoms with Crippen molar-refractivity contribution in [3.8, 4) is 5.75 Å². The number of amides is 2. The highest BCUT2D eigenvalue weighted by atomic mass is 32.2. The molecule has 0 bridgehead atoms. The summed E-state index contributed by atoms with van der Waals surface area (Å²) in [5.74, 6) is -0.493. The van der Waals surface area contributed by atoms with E-state index in [1.807, 2.05) is 18.2 Å². The SMILES string of the molecule is O=C(COc1ccc(/C=C2\SC(=Nc3ccccc3F)NC2=O)cc1)Nc1ccccc1. The summed E-state index contributed by atoms with van der Waals surface area (Å²) >= 11 is 1.14. The molecule has 1 aliphatic rings. The number of carbonyl (C=O) groups is 2. The van der Waals surface area contributed by atoms with Gasteiger partial charge >= 0.3 is 0 Å². The smallest absolute Gasteiger partial charge is 0.264 e. The van der Waals surface area contributed by atoms with Crippen molar-refractivity contribution in [1.29, 1.82) is 0 Å². The first-order valence-electron chi connectivity index (χ1n) is 9.69. The van der Waals surface area contributed by atoms with Crippen LogP contribution in [0.3, 0.4) is 0 Å². The fraction of sp³-hybridized carbons (Fsp3) is 0.0417. The standard InChI is InChI=1S/C24H18FN3O3S/c25-19-8-4-5-9-20(19)27-24-28-23(30)21(32-24)14-16-10-12-18(13-11-16)31-15-22(29)26-17-6-2-1-3-7-17/h1-14H,15H2,(H,26,29)(H,27,28,30)/b21-14-.